The average Bonchev–Trinajstić information content (AvgIpc) is 2.78. The minimum atomic E-state index is -0.764. The van der Waals surface area contributed by atoms with Crippen LogP contribution in [-0.4, -0.2) is 32.9 Å². The third-order valence-electron chi connectivity index (χ3n) is 4.06. The first-order valence-electron chi connectivity index (χ1n) is 6.80. The summed E-state index contributed by atoms with van der Waals surface area (Å²) in [7, 11) is 1.77. The van der Waals surface area contributed by atoms with Crippen LogP contribution < -0.4 is 5.32 Å². The Morgan fingerprint density at radius 3 is 2.58 bits per heavy atom. The molecule has 0 unspecified atom stereocenters. The summed E-state index contributed by atoms with van der Waals surface area (Å²) >= 11 is 0. The van der Waals surface area contributed by atoms with E-state index < -0.39 is 5.60 Å². The van der Waals surface area contributed by atoms with E-state index in [1.165, 1.54) is 0 Å². The lowest BCUT2D eigenvalue weighted by Gasteiger charge is -2.40. The summed E-state index contributed by atoms with van der Waals surface area (Å²) in [6, 6.07) is 1.67. The number of amides is 1. The highest BCUT2D eigenvalue weighted by atomic mass is 16.3. The molecule has 106 valence electrons. The molecule has 0 saturated heterocycles. The number of rotatable bonds is 3. The van der Waals surface area contributed by atoms with Gasteiger partial charge in [0, 0.05) is 19.8 Å². The van der Waals surface area contributed by atoms with Crippen LogP contribution in [0.1, 0.15) is 50.0 Å². The van der Waals surface area contributed by atoms with Crippen molar-refractivity contribution < 1.29 is 9.90 Å². The SMILES string of the molecule is Cn1ccc(C(=O)NCC2(O)CCC(C)(C)CC2)n1. The molecule has 1 aromatic rings. The van der Waals surface area contributed by atoms with Crippen molar-refractivity contribution in [3.05, 3.63) is 18.0 Å². The van der Waals surface area contributed by atoms with Crippen molar-refractivity contribution in [3.8, 4) is 0 Å². The molecule has 0 atom stereocenters. The van der Waals surface area contributed by atoms with Crippen LogP contribution in [0.5, 0.6) is 0 Å². The van der Waals surface area contributed by atoms with Crippen molar-refractivity contribution in [1.29, 1.82) is 0 Å². The van der Waals surface area contributed by atoms with Crippen molar-refractivity contribution in [2.75, 3.05) is 6.54 Å². The van der Waals surface area contributed by atoms with Gasteiger partial charge < -0.3 is 10.4 Å². The van der Waals surface area contributed by atoms with E-state index in [4.69, 9.17) is 0 Å². The molecule has 19 heavy (non-hydrogen) atoms. The number of aromatic nitrogens is 2. The maximum absolute atomic E-state index is 11.9. The second-order valence-corrected chi connectivity index (χ2v) is 6.45. The van der Waals surface area contributed by atoms with Gasteiger partial charge in [-0.25, -0.2) is 0 Å². The number of carbonyl (C=O) groups excluding carboxylic acids is 1. The van der Waals surface area contributed by atoms with Crippen LogP contribution in [0.25, 0.3) is 0 Å². The summed E-state index contributed by atoms with van der Waals surface area (Å²) in [5, 5.41) is 17.3. The van der Waals surface area contributed by atoms with Crippen molar-refractivity contribution >= 4 is 5.91 Å². The van der Waals surface area contributed by atoms with E-state index in [0.29, 0.717) is 17.7 Å². The Bertz CT molecular complexity index is 455. The minimum Gasteiger partial charge on any atom is -0.388 e. The van der Waals surface area contributed by atoms with Gasteiger partial charge in [-0.05, 0) is 37.2 Å². The molecule has 1 amide bonds. The monoisotopic (exact) mass is 265 g/mol. The quantitative estimate of drug-likeness (QED) is 0.870. The van der Waals surface area contributed by atoms with Gasteiger partial charge in [0.05, 0.1) is 5.60 Å². The molecule has 0 aliphatic heterocycles. The van der Waals surface area contributed by atoms with Crippen LogP contribution in [0.4, 0.5) is 0 Å². The Morgan fingerprint density at radius 2 is 2.05 bits per heavy atom. The molecule has 1 heterocycles. The highest BCUT2D eigenvalue weighted by Crippen LogP contribution is 2.39. The lowest BCUT2D eigenvalue weighted by atomic mass is 9.71. The van der Waals surface area contributed by atoms with Crippen LogP contribution in [0.2, 0.25) is 0 Å². The van der Waals surface area contributed by atoms with E-state index in [1.54, 1.807) is 24.0 Å². The molecule has 0 aromatic carbocycles. The molecular weight excluding hydrogens is 242 g/mol. The Hall–Kier alpha value is -1.36. The van der Waals surface area contributed by atoms with Crippen LogP contribution >= 0.6 is 0 Å². The van der Waals surface area contributed by atoms with Gasteiger partial charge in [-0.1, -0.05) is 13.8 Å². The van der Waals surface area contributed by atoms with Gasteiger partial charge in [-0.2, -0.15) is 5.10 Å². The molecular formula is C14H23N3O2. The molecule has 1 aromatic heterocycles. The number of hydrogen-bond acceptors (Lipinski definition) is 3. The third-order valence-corrected chi connectivity index (χ3v) is 4.06. The predicted octanol–water partition coefficient (Wildman–Crippen LogP) is 1.48. The maximum atomic E-state index is 11.9. The zero-order valence-corrected chi connectivity index (χ0v) is 11.9. The molecule has 1 aliphatic rings. The molecule has 5 heteroatoms. The summed E-state index contributed by atoms with van der Waals surface area (Å²) in [6.45, 7) is 4.75. The van der Waals surface area contributed by atoms with Crippen LogP contribution in [0, 0.1) is 5.41 Å². The smallest absolute Gasteiger partial charge is 0.271 e. The van der Waals surface area contributed by atoms with Gasteiger partial charge in [-0.15, -0.1) is 0 Å². The molecule has 1 fully saturated rings. The average molecular weight is 265 g/mol. The van der Waals surface area contributed by atoms with Gasteiger partial charge in [0.15, 0.2) is 0 Å². The fourth-order valence-corrected chi connectivity index (χ4v) is 2.44. The first-order valence-corrected chi connectivity index (χ1v) is 6.80. The summed E-state index contributed by atoms with van der Waals surface area (Å²) in [5.74, 6) is -0.223. The number of aryl methyl sites for hydroxylation is 1. The van der Waals surface area contributed by atoms with E-state index >= 15 is 0 Å². The van der Waals surface area contributed by atoms with Gasteiger partial charge in [-0.3, -0.25) is 9.48 Å². The van der Waals surface area contributed by atoms with Crippen molar-refractivity contribution in [3.63, 3.8) is 0 Å². The summed E-state index contributed by atoms with van der Waals surface area (Å²) < 4.78 is 1.59. The molecule has 0 spiro atoms. The summed E-state index contributed by atoms with van der Waals surface area (Å²) in [4.78, 5) is 11.9. The van der Waals surface area contributed by atoms with Crippen molar-refractivity contribution in [2.24, 2.45) is 12.5 Å². The second-order valence-electron chi connectivity index (χ2n) is 6.45. The van der Waals surface area contributed by atoms with Crippen molar-refractivity contribution in [2.45, 2.75) is 45.1 Å². The highest BCUT2D eigenvalue weighted by Gasteiger charge is 2.36. The van der Waals surface area contributed by atoms with Gasteiger partial charge >= 0.3 is 0 Å². The Balaban J connectivity index is 1.87. The van der Waals surface area contributed by atoms with Gasteiger partial charge in [0.25, 0.3) is 5.91 Å². The molecule has 2 N–H and O–H groups in total. The van der Waals surface area contributed by atoms with Crippen LogP contribution in [-0.2, 0) is 7.05 Å². The maximum Gasteiger partial charge on any atom is 0.271 e. The molecule has 0 radical (unpaired) electrons. The Morgan fingerprint density at radius 1 is 1.42 bits per heavy atom. The largest absolute Gasteiger partial charge is 0.388 e. The fourth-order valence-electron chi connectivity index (χ4n) is 2.44. The number of hydrogen-bond donors (Lipinski definition) is 2. The van der Waals surface area contributed by atoms with Crippen LogP contribution in [0.3, 0.4) is 0 Å². The normalized spacial score (nSPS) is 21.1. The first kappa shape index (κ1) is 14.1. The Labute approximate surface area is 114 Å². The number of nitrogens with zero attached hydrogens (tertiary/aromatic N) is 2. The lowest BCUT2D eigenvalue weighted by molar-refractivity contribution is -0.0233. The topological polar surface area (TPSA) is 67.2 Å². The molecule has 5 nitrogen and oxygen atoms in total. The van der Waals surface area contributed by atoms with E-state index in [1.807, 2.05) is 0 Å². The zero-order valence-electron chi connectivity index (χ0n) is 11.9. The fraction of sp³-hybridized carbons (Fsp3) is 0.714. The van der Waals surface area contributed by atoms with E-state index in [0.717, 1.165) is 25.7 Å². The van der Waals surface area contributed by atoms with Gasteiger partial charge in [0.2, 0.25) is 0 Å². The van der Waals surface area contributed by atoms with E-state index in [9.17, 15) is 9.90 Å². The van der Waals surface area contributed by atoms with Crippen molar-refractivity contribution in [1.82, 2.24) is 15.1 Å². The number of carbonyl (C=O) groups is 1. The van der Waals surface area contributed by atoms with Gasteiger partial charge in [0.1, 0.15) is 5.69 Å². The zero-order chi connectivity index (χ0) is 14.1. The minimum absolute atomic E-state index is 0.223. The molecule has 0 bridgehead atoms. The van der Waals surface area contributed by atoms with E-state index in [-0.39, 0.29) is 5.91 Å². The summed E-state index contributed by atoms with van der Waals surface area (Å²) in [6.07, 6.45) is 5.18. The number of aliphatic hydroxyl groups is 1. The molecule has 1 aliphatic carbocycles. The third kappa shape index (κ3) is 3.56. The summed E-state index contributed by atoms with van der Waals surface area (Å²) in [5.41, 5.74) is -0.0702. The second kappa shape index (κ2) is 4.96. The predicted molar refractivity (Wildman–Crippen MR) is 72.7 cm³/mol. The molecule has 2 rings (SSSR count). The van der Waals surface area contributed by atoms with Crippen LogP contribution in [0.15, 0.2) is 12.3 Å². The number of nitrogens with one attached hydrogen (secondary N) is 1. The Kier molecular flexibility index (Phi) is 3.67. The molecule has 1 saturated carbocycles. The lowest BCUT2D eigenvalue weighted by Crippen LogP contribution is -2.46. The first-order chi connectivity index (χ1) is 8.80. The highest BCUT2D eigenvalue weighted by molar-refractivity contribution is 5.92. The standard InChI is InChI=1S/C14H23N3O2/c1-13(2)5-7-14(19,8-6-13)10-15-12(18)11-4-9-17(3)16-11/h4,9,19H,5-8,10H2,1-3H3,(H,15,18). The van der Waals surface area contributed by atoms with E-state index in [2.05, 4.69) is 24.3 Å².